The molecule has 17 heavy (non-hydrogen) atoms. The second-order valence-corrected chi connectivity index (χ2v) is 5.93. The number of thiophene rings is 1. The molecular weight excluding hydrogens is 248 g/mol. The van der Waals surface area contributed by atoms with Gasteiger partial charge >= 0.3 is 0 Å². The first-order chi connectivity index (χ1) is 8.16. The van der Waals surface area contributed by atoms with E-state index in [9.17, 15) is 4.79 Å². The molecule has 0 N–H and O–H groups in total. The molecule has 0 saturated carbocycles. The van der Waals surface area contributed by atoms with Crippen LogP contribution in [0.2, 0.25) is 0 Å². The van der Waals surface area contributed by atoms with Gasteiger partial charge in [-0.05, 0) is 43.0 Å². The molecule has 0 aliphatic rings. The summed E-state index contributed by atoms with van der Waals surface area (Å²) in [6.07, 6.45) is 0. The quantitative estimate of drug-likeness (QED) is 0.602. The Balaban J connectivity index is 1.99. The first-order valence-corrected chi connectivity index (χ1v) is 7.30. The van der Waals surface area contributed by atoms with Crippen LogP contribution < -0.4 is 0 Å². The van der Waals surface area contributed by atoms with Crippen LogP contribution in [0.3, 0.4) is 0 Å². The minimum Gasteiger partial charge on any atom is -0.292 e. The predicted octanol–water partition coefficient (Wildman–Crippen LogP) is 4.34. The predicted molar refractivity (Wildman–Crippen MR) is 75.3 cm³/mol. The fourth-order valence-electron chi connectivity index (χ4n) is 1.58. The molecule has 0 saturated heterocycles. The van der Waals surface area contributed by atoms with Gasteiger partial charge in [0.25, 0.3) is 0 Å². The number of hydrogen-bond acceptors (Lipinski definition) is 3. The van der Waals surface area contributed by atoms with Crippen LogP contribution in [0.25, 0.3) is 0 Å². The number of ketones is 1. The monoisotopic (exact) mass is 262 g/mol. The molecule has 1 aromatic carbocycles. The minimum atomic E-state index is 0.226. The summed E-state index contributed by atoms with van der Waals surface area (Å²) >= 11 is 3.14. The highest BCUT2D eigenvalue weighted by molar-refractivity contribution is 8.00. The van der Waals surface area contributed by atoms with E-state index < -0.39 is 0 Å². The maximum absolute atomic E-state index is 12.0. The zero-order chi connectivity index (χ0) is 12.3. The van der Waals surface area contributed by atoms with Gasteiger partial charge in [-0.15, -0.1) is 23.1 Å². The zero-order valence-corrected chi connectivity index (χ0v) is 11.5. The standard InChI is InChI=1S/C14H14OS2/c1-10-4-3-5-12(8-10)17-9-13(15)14-11(2)6-7-16-14/h3-8H,9H2,1-2H3. The van der Waals surface area contributed by atoms with Crippen LogP contribution >= 0.6 is 23.1 Å². The maximum atomic E-state index is 12.0. The van der Waals surface area contributed by atoms with E-state index in [1.54, 1.807) is 11.8 Å². The average molecular weight is 262 g/mol. The molecule has 1 nitrogen and oxygen atoms in total. The van der Waals surface area contributed by atoms with Crippen molar-refractivity contribution in [3.63, 3.8) is 0 Å². The van der Waals surface area contributed by atoms with Gasteiger partial charge in [-0.1, -0.05) is 17.7 Å². The van der Waals surface area contributed by atoms with Crippen molar-refractivity contribution in [2.24, 2.45) is 0 Å². The van der Waals surface area contributed by atoms with E-state index in [4.69, 9.17) is 0 Å². The number of carbonyl (C=O) groups is 1. The molecule has 1 aromatic heterocycles. The molecule has 0 bridgehead atoms. The van der Waals surface area contributed by atoms with Gasteiger partial charge in [-0.2, -0.15) is 0 Å². The van der Waals surface area contributed by atoms with Crippen molar-refractivity contribution in [1.29, 1.82) is 0 Å². The van der Waals surface area contributed by atoms with Crippen LogP contribution in [0.4, 0.5) is 0 Å². The lowest BCUT2D eigenvalue weighted by atomic mass is 10.2. The zero-order valence-electron chi connectivity index (χ0n) is 9.90. The van der Waals surface area contributed by atoms with E-state index in [1.807, 2.05) is 30.5 Å². The van der Waals surface area contributed by atoms with Gasteiger partial charge in [0.05, 0.1) is 10.6 Å². The van der Waals surface area contributed by atoms with Crippen molar-refractivity contribution in [2.45, 2.75) is 18.7 Å². The lowest BCUT2D eigenvalue weighted by Crippen LogP contribution is -2.01. The van der Waals surface area contributed by atoms with Crippen molar-refractivity contribution in [1.82, 2.24) is 0 Å². The van der Waals surface area contributed by atoms with Gasteiger partial charge in [0.15, 0.2) is 5.78 Å². The Morgan fingerprint density at radius 2 is 2.12 bits per heavy atom. The lowest BCUT2D eigenvalue weighted by Gasteiger charge is -2.02. The van der Waals surface area contributed by atoms with Crippen LogP contribution in [0.15, 0.2) is 40.6 Å². The van der Waals surface area contributed by atoms with E-state index >= 15 is 0 Å². The Bertz CT molecular complexity index is 529. The number of carbonyl (C=O) groups excluding carboxylic acids is 1. The molecule has 0 unspecified atom stereocenters. The first-order valence-electron chi connectivity index (χ1n) is 5.43. The molecule has 3 heteroatoms. The first kappa shape index (κ1) is 12.4. The fraction of sp³-hybridized carbons (Fsp3) is 0.214. The summed E-state index contributed by atoms with van der Waals surface area (Å²) in [5.41, 5.74) is 2.32. The van der Waals surface area contributed by atoms with Crippen LogP contribution in [-0.2, 0) is 0 Å². The topological polar surface area (TPSA) is 17.1 Å². The Labute approximate surface area is 110 Å². The van der Waals surface area contributed by atoms with Gasteiger partial charge in [0.2, 0.25) is 0 Å². The largest absolute Gasteiger partial charge is 0.292 e. The van der Waals surface area contributed by atoms with Crippen molar-refractivity contribution in [3.05, 3.63) is 51.7 Å². The number of Topliss-reactive ketones (excluding diaryl/α,β-unsaturated/α-hetero) is 1. The molecule has 0 fully saturated rings. The normalized spacial score (nSPS) is 10.5. The molecule has 1 heterocycles. The van der Waals surface area contributed by atoms with Crippen molar-refractivity contribution in [2.75, 3.05) is 5.75 Å². The third kappa shape index (κ3) is 3.20. The van der Waals surface area contributed by atoms with E-state index in [2.05, 4.69) is 19.1 Å². The maximum Gasteiger partial charge on any atom is 0.183 e. The molecule has 2 aromatic rings. The van der Waals surface area contributed by atoms with Gasteiger partial charge in [0.1, 0.15) is 0 Å². The summed E-state index contributed by atoms with van der Waals surface area (Å²) in [7, 11) is 0. The minimum absolute atomic E-state index is 0.226. The van der Waals surface area contributed by atoms with Crippen molar-refractivity contribution < 1.29 is 4.79 Å². The summed E-state index contributed by atoms with van der Waals surface area (Å²) in [5, 5.41) is 1.97. The van der Waals surface area contributed by atoms with Gasteiger partial charge in [-0.25, -0.2) is 0 Å². The van der Waals surface area contributed by atoms with E-state index in [-0.39, 0.29) is 5.78 Å². The summed E-state index contributed by atoms with van der Waals surface area (Å²) in [4.78, 5) is 14.0. The Morgan fingerprint density at radius 1 is 1.29 bits per heavy atom. The highest BCUT2D eigenvalue weighted by Crippen LogP contribution is 2.23. The van der Waals surface area contributed by atoms with E-state index in [0.29, 0.717) is 5.75 Å². The molecule has 0 spiro atoms. The SMILES string of the molecule is Cc1cccc(SCC(=O)c2sccc2C)c1. The molecule has 0 aliphatic heterocycles. The summed E-state index contributed by atoms with van der Waals surface area (Å²) in [5.74, 6) is 0.745. The van der Waals surface area contributed by atoms with Crippen LogP contribution in [0.5, 0.6) is 0 Å². The Kier molecular flexibility index (Phi) is 4.02. The van der Waals surface area contributed by atoms with Gasteiger partial charge in [-0.3, -0.25) is 4.79 Å². The van der Waals surface area contributed by atoms with Gasteiger partial charge in [0, 0.05) is 4.90 Å². The summed E-state index contributed by atoms with van der Waals surface area (Å²) in [6.45, 7) is 4.05. The fourth-order valence-corrected chi connectivity index (χ4v) is 3.42. The average Bonchev–Trinajstić information content (AvgIpc) is 2.72. The highest BCUT2D eigenvalue weighted by Gasteiger charge is 2.10. The van der Waals surface area contributed by atoms with Crippen LogP contribution in [-0.4, -0.2) is 11.5 Å². The number of benzene rings is 1. The molecule has 0 atom stereocenters. The third-order valence-electron chi connectivity index (χ3n) is 2.47. The van der Waals surface area contributed by atoms with Crippen molar-refractivity contribution in [3.8, 4) is 0 Å². The van der Waals surface area contributed by atoms with Crippen LogP contribution in [0, 0.1) is 13.8 Å². The third-order valence-corrected chi connectivity index (χ3v) is 4.53. The van der Waals surface area contributed by atoms with Gasteiger partial charge < -0.3 is 0 Å². The number of thioether (sulfide) groups is 1. The van der Waals surface area contributed by atoms with Crippen LogP contribution in [0.1, 0.15) is 20.8 Å². The lowest BCUT2D eigenvalue weighted by molar-refractivity contribution is 0.102. The summed E-state index contributed by atoms with van der Waals surface area (Å²) < 4.78 is 0. The Hall–Kier alpha value is -1.06. The number of rotatable bonds is 4. The van der Waals surface area contributed by atoms with Crippen molar-refractivity contribution >= 4 is 28.9 Å². The molecule has 0 radical (unpaired) electrons. The van der Waals surface area contributed by atoms with E-state index in [1.165, 1.54) is 16.9 Å². The summed E-state index contributed by atoms with van der Waals surface area (Å²) in [6, 6.07) is 10.2. The molecule has 0 amide bonds. The van der Waals surface area contributed by atoms with E-state index in [0.717, 1.165) is 15.3 Å². The highest BCUT2D eigenvalue weighted by atomic mass is 32.2. The number of hydrogen-bond donors (Lipinski definition) is 0. The second-order valence-electron chi connectivity index (χ2n) is 3.96. The molecule has 0 aliphatic carbocycles. The Morgan fingerprint density at radius 3 is 2.76 bits per heavy atom. The molecule has 88 valence electrons. The molecule has 2 rings (SSSR count). The second kappa shape index (κ2) is 5.52. The smallest absolute Gasteiger partial charge is 0.183 e. The number of aryl methyl sites for hydroxylation is 2. The molecular formula is C14H14OS2.